The molecule has 1 fully saturated rings. The molecule has 6 nitrogen and oxygen atoms in total. The van der Waals surface area contributed by atoms with Crippen LogP contribution >= 0.6 is 0 Å². The Bertz CT molecular complexity index is 492. The zero-order valence-corrected chi connectivity index (χ0v) is 12.3. The maximum atomic E-state index is 12.2. The van der Waals surface area contributed by atoms with Gasteiger partial charge in [-0.25, -0.2) is 4.79 Å². The third-order valence-corrected chi connectivity index (χ3v) is 4.04. The highest BCUT2D eigenvalue weighted by molar-refractivity contribution is 5.94. The van der Waals surface area contributed by atoms with Crippen LogP contribution in [0.4, 0.5) is 4.79 Å². The standard InChI is InChI=1S/C15H22N4O2/c1-2-13(12-4-3-9-19(10-12)15(16)21)18-14(20)11-5-7-17-8-6-11/h5-8,12-13H,2-4,9-10H2,1H3,(H2,16,21)(H,18,20). The van der Waals surface area contributed by atoms with Crippen molar-refractivity contribution >= 4 is 11.9 Å². The molecule has 2 unspecified atom stereocenters. The summed E-state index contributed by atoms with van der Waals surface area (Å²) in [6, 6.07) is 3.06. The summed E-state index contributed by atoms with van der Waals surface area (Å²) in [6.07, 6.45) is 5.96. The van der Waals surface area contributed by atoms with E-state index in [-0.39, 0.29) is 23.9 Å². The Morgan fingerprint density at radius 3 is 2.81 bits per heavy atom. The molecular formula is C15H22N4O2. The van der Waals surface area contributed by atoms with Gasteiger partial charge in [0.05, 0.1) is 0 Å². The molecule has 2 atom stereocenters. The van der Waals surface area contributed by atoms with Crippen LogP contribution in [-0.2, 0) is 0 Å². The van der Waals surface area contributed by atoms with Gasteiger partial charge in [0.25, 0.3) is 5.91 Å². The molecule has 0 bridgehead atoms. The highest BCUT2D eigenvalue weighted by Crippen LogP contribution is 2.21. The molecule has 21 heavy (non-hydrogen) atoms. The van der Waals surface area contributed by atoms with Gasteiger partial charge in [0.15, 0.2) is 0 Å². The smallest absolute Gasteiger partial charge is 0.314 e. The van der Waals surface area contributed by atoms with Gasteiger partial charge in [-0.1, -0.05) is 6.92 Å². The lowest BCUT2D eigenvalue weighted by molar-refractivity contribution is 0.0896. The maximum Gasteiger partial charge on any atom is 0.314 e. The van der Waals surface area contributed by atoms with Gasteiger partial charge >= 0.3 is 6.03 Å². The number of carbonyl (C=O) groups is 2. The Balaban J connectivity index is 1.99. The molecule has 0 aliphatic carbocycles. The lowest BCUT2D eigenvalue weighted by atomic mass is 9.89. The van der Waals surface area contributed by atoms with E-state index < -0.39 is 0 Å². The fraction of sp³-hybridized carbons (Fsp3) is 0.533. The number of primary amides is 1. The number of carbonyl (C=O) groups excluding carboxylic acids is 2. The summed E-state index contributed by atoms with van der Waals surface area (Å²) in [5.74, 6) is 0.155. The highest BCUT2D eigenvalue weighted by Gasteiger charge is 2.28. The van der Waals surface area contributed by atoms with E-state index in [1.807, 2.05) is 6.92 Å². The number of amides is 3. The molecule has 114 valence electrons. The molecule has 0 radical (unpaired) electrons. The normalized spacial score (nSPS) is 19.9. The number of likely N-dealkylation sites (tertiary alicyclic amines) is 1. The molecule has 0 spiro atoms. The van der Waals surface area contributed by atoms with Crippen molar-refractivity contribution in [2.45, 2.75) is 32.2 Å². The molecule has 3 amide bonds. The van der Waals surface area contributed by atoms with Gasteiger partial charge < -0.3 is 16.0 Å². The van der Waals surface area contributed by atoms with Crippen LogP contribution in [0.3, 0.4) is 0 Å². The van der Waals surface area contributed by atoms with Crippen molar-refractivity contribution in [3.8, 4) is 0 Å². The molecule has 0 aromatic carbocycles. The van der Waals surface area contributed by atoms with E-state index in [2.05, 4.69) is 10.3 Å². The summed E-state index contributed by atoms with van der Waals surface area (Å²) in [5.41, 5.74) is 5.96. The summed E-state index contributed by atoms with van der Waals surface area (Å²) < 4.78 is 0. The summed E-state index contributed by atoms with van der Waals surface area (Å²) >= 11 is 0. The average molecular weight is 290 g/mol. The number of nitrogens with zero attached hydrogens (tertiary/aromatic N) is 2. The highest BCUT2D eigenvalue weighted by atomic mass is 16.2. The van der Waals surface area contributed by atoms with E-state index in [0.29, 0.717) is 18.7 Å². The van der Waals surface area contributed by atoms with Crippen LogP contribution in [0, 0.1) is 5.92 Å². The number of hydrogen-bond acceptors (Lipinski definition) is 3. The average Bonchev–Trinajstić information content (AvgIpc) is 2.53. The van der Waals surface area contributed by atoms with Crippen LogP contribution < -0.4 is 11.1 Å². The molecule has 3 N–H and O–H groups in total. The van der Waals surface area contributed by atoms with Crippen molar-refractivity contribution in [1.29, 1.82) is 0 Å². The molecule has 1 aromatic heterocycles. The van der Waals surface area contributed by atoms with E-state index in [9.17, 15) is 9.59 Å². The molecule has 1 aliphatic rings. The second kappa shape index (κ2) is 7.06. The fourth-order valence-electron chi connectivity index (χ4n) is 2.85. The van der Waals surface area contributed by atoms with Crippen molar-refractivity contribution in [2.75, 3.05) is 13.1 Å². The van der Waals surface area contributed by atoms with Crippen molar-refractivity contribution < 1.29 is 9.59 Å². The number of rotatable bonds is 4. The van der Waals surface area contributed by atoms with Gasteiger partial charge in [-0.2, -0.15) is 0 Å². The number of nitrogens with one attached hydrogen (secondary N) is 1. The van der Waals surface area contributed by atoms with Crippen LogP contribution in [0.5, 0.6) is 0 Å². The first kappa shape index (κ1) is 15.3. The first-order chi connectivity index (χ1) is 10.1. The summed E-state index contributed by atoms with van der Waals surface area (Å²) in [5, 5.41) is 3.07. The molecular weight excluding hydrogens is 268 g/mol. The van der Waals surface area contributed by atoms with Crippen LogP contribution in [0.25, 0.3) is 0 Å². The van der Waals surface area contributed by atoms with Gasteiger partial charge in [-0.05, 0) is 37.3 Å². The van der Waals surface area contributed by atoms with Crippen molar-refractivity contribution in [1.82, 2.24) is 15.2 Å². The second-order valence-electron chi connectivity index (χ2n) is 5.41. The molecule has 2 heterocycles. The van der Waals surface area contributed by atoms with E-state index in [1.54, 1.807) is 29.4 Å². The van der Waals surface area contributed by atoms with Gasteiger partial charge in [0, 0.05) is 37.1 Å². The Morgan fingerprint density at radius 1 is 1.48 bits per heavy atom. The van der Waals surface area contributed by atoms with Crippen LogP contribution in [0.1, 0.15) is 36.5 Å². The molecule has 1 aromatic rings. The maximum absolute atomic E-state index is 12.2. The Labute approximate surface area is 124 Å². The fourth-order valence-corrected chi connectivity index (χ4v) is 2.85. The van der Waals surface area contributed by atoms with E-state index >= 15 is 0 Å². The zero-order chi connectivity index (χ0) is 15.2. The Kier molecular flexibility index (Phi) is 5.14. The van der Waals surface area contributed by atoms with Crippen LogP contribution in [0.2, 0.25) is 0 Å². The summed E-state index contributed by atoms with van der Waals surface area (Å²) in [6.45, 7) is 3.37. The number of pyridine rings is 1. The summed E-state index contributed by atoms with van der Waals surface area (Å²) in [4.78, 5) is 29.1. The molecule has 2 rings (SSSR count). The largest absolute Gasteiger partial charge is 0.351 e. The minimum Gasteiger partial charge on any atom is -0.351 e. The van der Waals surface area contributed by atoms with E-state index in [4.69, 9.17) is 5.73 Å². The van der Waals surface area contributed by atoms with Crippen molar-refractivity contribution in [2.24, 2.45) is 11.7 Å². The zero-order valence-electron chi connectivity index (χ0n) is 12.3. The number of piperidine rings is 1. The summed E-state index contributed by atoms with van der Waals surface area (Å²) in [7, 11) is 0. The third kappa shape index (κ3) is 3.93. The topological polar surface area (TPSA) is 88.3 Å². The third-order valence-electron chi connectivity index (χ3n) is 4.04. The van der Waals surface area contributed by atoms with Gasteiger partial charge in [-0.3, -0.25) is 9.78 Å². The monoisotopic (exact) mass is 290 g/mol. The van der Waals surface area contributed by atoms with E-state index in [0.717, 1.165) is 19.3 Å². The number of hydrogen-bond donors (Lipinski definition) is 2. The Hall–Kier alpha value is -2.11. The first-order valence-corrected chi connectivity index (χ1v) is 7.37. The number of urea groups is 1. The predicted octanol–water partition coefficient (Wildman–Crippen LogP) is 1.38. The van der Waals surface area contributed by atoms with Gasteiger partial charge in [0.1, 0.15) is 0 Å². The first-order valence-electron chi connectivity index (χ1n) is 7.37. The lowest BCUT2D eigenvalue weighted by Gasteiger charge is -2.36. The van der Waals surface area contributed by atoms with Crippen LogP contribution in [-0.4, -0.2) is 41.0 Å². The van der Waals surface area contributed by atoms with Crippen LogP contribution in [0.15, 0.2) is 24.5 Å². The van der Waals surface area contributed by atoms with E-state index in [1.165, 1.54) is 0 Å². The minimum absolute atomic E-state index is 0.0489. The van der Waals surface area contributed by atoms with Crippen molar-refractivity contribution in [3.05, 3.63) is 30.1 Å². The lowest BCUT2D eigenvalue weighted by Crippen LogP contribution is -2.50. The number of nitrogens with two attached hydrogens (primary N) is 1. The van der Waals surface area contributed by atoms with Crippen molar-refractivity contribution in [3.63, 3.8) is 0 Å². The molecule has 0 saturated carbocycles. The van der Waals surface area contributed by atoms with Gasteiger partial charge in [0.2, 0.25) is 0 Å². The Morgan fingerprint density at radius 2 is 2.19 bits per heavy atom. The number of aromatic nitrogens is 1. The molecule has 1 aliphatic heterocycles. The SMILES string of the molecule is CCC(NC(=O)c1ccncc1)C1CCCN(C(N)=O)C1. The quantitative estimate of drug-likeness (QED) is 0.878. The predicted molar refractivity (Wildman–Crippen MR) is 79.7 cm³/mol. The minimum atomic E-state index is -0.380. The molecule has 6 heteroatoms. The van der Waals surface area contributed by atoms with Gasteiger partial charge in [-0.15, -0.1) is 0 Å². The molecule has 1 saturated heterocycles. The second-order valence-corrected chi connectivity index (χ2v) is 5.41.